The van der Waals surface area contributed by atoms with E-state index in [4.69, 9.17) is 16.3 Å². The zero-order chi connectivity index (χ0) is 25.8. The van der Waals surface area contributed by atoms with Crippen LogP contribution in [-0.4, -0.2) is 56.0 Å². The smallest absolute Gasteiger partial charge is 0.265 e. The summed E-state index contributed by atoms with van der Waals surface area (Å²) in [5, 5.41) is 7.73. The summed E-state index contributed by atoms with van der Waals surface area (Å²) in [5.74, 6) is -2.11. The second kappa shape index (κ2) is 11.3. The van der Waals surface area contributed by atoms with Crippen molar-refractivity contribution in [3.63, 3.8) is 0 Å². The van der Waals surface area contributed by atoms with Crippen molar-refractivity contribution >= 4 is 57.9 Å². The normalized spacial score (nSPS) is 16.6. The standard InChI is InChI=1S/C23H23ClF2N4O5S/c24-18-6-5-17(36-18)23(34)27-10-15(29-21(32)12-1-2-12)22(33)28-13-3-4-16(14(9-13)20(25)26)30-7-8-35-11-19(30)31/h3-6,9,12,15,20H,1-2,7-8,10-11H2,(H,27,34)(H,28,33)(H,29,32)/t15-/m1/s1. The third kappa shape index (κ3) is 6.37. The first kappa shape index (κ1) is 26.0. The fourth-order valence-electron chi connectivity index (χ4n) is 3.62. The van der Waals surface area contributed by atoms with Crippen molar-refractivity contribution in [1.82, 2.24) is 10.6 Å². The molecule has 2 aromatic rings. The van der Waals surface area contributed by atoms with Crippen LogP contribution in [0.4, 0.5) is 20.2 Å². The molecular weight excluding hydrogens is 518 g/mol. The first-order valence-electron chi connectivity index (χ1n) is 11.2. The molecule has 4 rings (SSSR count). The molecule has 36 heavy (non-hydrogen) atoms. The largest absolute Gasteiger partial charge is 0.370 e. The Hall–Kier alpha value is -3.09. The molecule has 4 amide bonds. The fraction of sp³-hybridized carbons (Fsp3) is 0.391. The number of nitrogens with one attached hydrogen (secondary N) is 3. The van der Waals surface area contributed by atoms with Gasteiger partial charge in [0.05, 0.1) is 21.5 Å². The van der Waals surface area contributed by atoms with E-state index in [0.29, 0.717) is 22.1 Å². The summed E-state index contributed by atoms with van der Waals surface area (Å²) in [7, 11) is 0. The third-order valence-electron chi connectivity index (χ3n) is 5.65. The quantitative estimate of drug-likeness (QED) is 0.452. The molecule has 3 N–H and O–H groups in total. The molecule has 1 aliphatic carbocycles. The Balaban J connectivity index is 1.48. The molecule has 1 aromatic carbocycles. The summed E-state index contributed by atoms with van der Waals surface area (Å²) >= 11 is 6.92. The minimum Gasteiger partial charge on any atom is -0.370 e. The molecule has 0 unspecified atom stereocenters. The monoisotopic (exact) mass is 540 g/mol. The van der Waals surface area contributed by atoms with Crippen LogP contribution in [0.2, 0.25) is 4.34 Å². The molecule has 0 radical (unpaired) electrons. The molecule has 1 atom stereocenters. The highest BCUT2D eigenvalue weighted by atomic mass is 35.5. The highest BCUT2D eigenvalue weighted by molar-refractivity contribution is 7.18. The minimum atomic E-state index is -2.91. The first-order valence-corrected chi connectivity index (χ1v) is 12.4. The van der Waals surface area contributed by atoms with Gasteiger partial charge in [0, 0.05) is 30.3 Å². The van der Waals surface area contributed by atoms with Gasteiger partial charge in [-0.05, 0) is 43.2 Å². The zero-order valence-corrected chi connectivity index (χ0v) is 20.5. The highest BCUT2D eigenvalue weighted by Crippen LogP contribution is 2.33. The molecule has 1 saturated heterocycles. The number of morpholine rings is 1. The molecule has 2 heterocycles. The van der Waals surface area contributed by atoms with Crippen LogP contribution in [0.1, 0.15) is 34.5 Å². The zero-order valence-electron chi connectivity index (χ0n) is 18.9. The molecule has 9 nitrogen and oxygen atoms in total. The van der Waals surface area contributed by atoms with Gasteiger partial charge in [0.15, 0.2) is 0 Å². The predicted molar refractivity (Wildman–Crippen MR) is 130 cm³/mol. The highest BCUT2D eigenvalue weighted by Gasteiger charge is 2.33. The number of nitrogens with zero attached hydrogens (tertiary/aromatic N) is 1. The number of amides is 4. The molecule has 0 spiro atoms. The van der Waals surface area contributed by atoms with Gasteiger partial charge in [-0.15, -0.1) is 11.3 Å². The molecule has 1 saturated carbocycles. The van der Waals surface area contributed by atoms with Crippen molar-refractivity contribution in [2.75, 3.05) is 36.5 Å². The number of carbonyl (C=O) groups is 4. The van der Waals surface area contributed by atoms with Gasteiger partial charge in [0.1, 0.15) is 12.6 Å². The maximum atomic E-state index is 13.8. The summed E-state index contributed by atoms with van der Waals surface area (Å²) in [4.78, 5) is 51.4. The van der Waals surface area contributed by atoms with E-state index in [-0.39, 0.29) is 49.5 Å². The fourth-order valence-corrected chi connectivity index (χ4v) is 4.58. The molecule has 1 aromatic heterocycles. The van der Waals surface area contributed by atoms with E-state index in [9.17, 15) is 28.0 Å². The number of thiophene rings is 1. The maximum Gasteiger partial charge on any atom is 0.265 e. The number of alkyl halides is 2. The van der Waals surface area contributed by atoms with Gasteiger partial charge in [0.2, 0.25) is 11.8 Å². The van der Waals surface area contributed by atoms with Crippen LogP contribution >= 0.6 is 22.9 Å². The minimum absolute atomic E-state index is 0.0387. The molecule has 0 bridgehead atoms. The van der Waals surface area contributed by atoms with E-state index >= 15 is 0 Å². The van der Waals surface area contributed by atoms with Crippen LogP contribution in [-0.2, 0) is 19.1 Å². The van der Waals surface area contributed by atoms with E-state index in [0.717, 1.165) is 17.4 Å². The number of carbonyl (C=O) groups excluding carboxylic acids is 4. The molecule has 2 fully saturated rings. The van der Waals surface area contributed by atoms with Crippen LogP contribution < -0.4 is 20.9 Å². The Morgan fingerprint density at radius 1 is 1.19 bits per heavy atom. The Kier molecular flexibility index (Phi) is 8.17. The second-order valence-electron chi connectivity index (χ2n) is 8.31. The summed E-state index contributed by atoms with van der Waals surface area (Å²) < 4.78 is 33.1. The van der Waals surface area contributed by atoms with E-state index in [1.165, 1.54) is 23.1 Å². The van der Waals surface area contributed by atoms with Gasteiger partial charge in [0.25, 0.3) is 18.2 Å². The van der Waals surface area contributed by atoms with E-state index in [2.05, 4.69) is 16.0 Å². The van der Waals surface area contributed by atoms with Crippen molar-refractivity contribution in [2.24, 2.45) is 5.92 Å². The summed E-state index contributed by atoms with van der Waals surface area (Å²) in [6, 6.07) is 5.77. The van der Waals surface area contributed by atoms with Gasteiger partial charge in [-0.2, -0.15) is 0 Å². The Morgan fingerprint density at radius 3 is 2.61 bits per heavy atom. The SMILES string of the molecule is O=C(NC[C@@H](NC(=O)C1CC1)C(=O)Nc1ccc(N2CCOCC2=O)c(C(F)F)c1)c1ccc(Cl)s1. The Labute approximate surface area is 214 Å². The lowest BCUT2D eigenvalue weighted by Crippen LogP contribution is -2.51. The van der Waals surface area contributed by atoms with Gasteiger partial charge in [-0.3, -0.25) is 19.2 Å². The van der Waals surface area contributed by atoms with Crippen LogP contribution in [0.5, 0.6) is 0 Å². The first-order chi connectivity index (χ1) is 17.2. The molecule has 1 aliphatic heterocycles. The van der Waals surface area contributed by atoms with Gasteiger partial charge < -0.3 is 25.6 Å². The Morgan fingerprint density at radius 2 is 1.97 bits per heavy atom. The van der Waals surface area contributed by atoms with E-state index < -0.39 is 35.8 Å². The maximum absolute atomic E-state index is 13.8. The molecular formula is C23H23ClF2N4O5S. The molecule has 2 aliphatic rings. The Bertz CT molecular complexity index is 1170. The number of halogens is 3. The number of hydrogen-bond donors (Lipinski definition) is 3. The average Bonchev–Trinajstić information content (AvgIpc) is 3.62. The predicted octanol–water partition coefficient (Wildman–Crippen LogP) is 2.97. The van der Waals surface area contributed by atoms with Gasteiger partial charge in [-0.25, -0.2) is 8.78 Å². The number of benzene rings is 1. The lowest BCUT2D eigenvalue weighted by molar-refractivity contribution is -0.127. The van der Waals surface area contributed by atoms with Crippen LogP contribution in [0.15, 0.2) is 30.3 Å². The number of ether oxygens (including phenoxy) is 1. The van der Waals surface area contributed by atoms with Crippen LogP contribution in [0.3, 0.4) is 0 Å². The van der Waals surface area contributed by atoms with Gasteiger partial charge >= 0.3 is 0 Å². The van der Waals surface area contributed by atoms with Crippen molar-refractivity contribution in [3.8, 4) is 0 Å². The van der Waals surface area contributed by atoms with E-state index in [1.54, 1.807) is 6.07 Å². The summed E-state index contributed by atoms with van der Waals surface area (Å²) in [6.45, 7) is -0.0684. The third-order valence-corrected chi connectivity index (χ3v) is 6.88. The summed E-state index contributed by atoms with van der Waals surface area (Å²) in [5.41, 5.74) is -0.331. The number of hydrogen-bond acceptors (Lipinski definition) is 6. The second-order valence-corrected chi connectivity index (χ2v) is 10.0. The molecule has 13 heteroatoms. The number of anilines is 2. The lowest BCUT2D eigenvalue weighted by Gasteiger charge is -2.29. The van der Waals surface area contributed by atoms with Crippen LogP contribution in [0, 0.1) is 5.92 Å². The average molecular weight is 541 g/mol. The van der Waals surface area contributed by atoms with Crippen molar-refractivity contribution in [3.05, 3.63) is 45.1 Å². The topological polar surface area (TPSA) is 117 Å². The van der Waals surface area contributed by atoms with Crippen molar-refractivity contribution in [2.45, 2.75) is 25.3 Å². The molecule has 192 valence electrons. The summed E-state index contributed by atoms with van der Waals surface area (Å²) in [6.07, 6.45) is -1.49. The lowest BCUT2D eigenvalue weighted by atomic mass is 10.1. The van der Waals surface area contributed by atoms with Crippen molar-refractivity contribution < 1.29 is 32.7 Å². The van der Waals surface area contributed by atoms with Gasteiger partial charge in [-0.1, -0.05) is 11.6 Å². The van der Waals surface area contributed by atoms with E-state index in [1.807, 2.05) is 0 Å². The van der Waals surface area contributed by atoms with Crippen molar-refractivity contribution in [1.29, 1.82) is 0 Å². The van der Waals surface area contributed by atoms with Crippen LogP contribution in [0.25, 0.3) is 0 Å². The number of rotatable bonds is 9.